The summed E-state index contributed by atoms with van der Waals surface area (Å²) in [6, 6.07) is 5.60. The van der Waals surface area contributed by atoms with Gasteiger partial charge >= 0.3 is 6.09 Å². The Morgan fingerprint density at radius 1 is 1.14 bits per heavy atom. The molecule has 3 N–H and O–H groups in total. The van der Waals surface area contributed by atoms with Gasteiger partial charge in [-0.25, -0.2) is 13.2 Å². The van der Waals surface area contributed by atoms with Gasteiger partial charge < -0.3 is 25.4 Å². The highest BCUT2D eigenvalue weighted by atomic mass is 32.2. The number of fused-ring (bicyclic) bond motifs is 1. The van der Waals surface area contributed by atoms with E-state index in [-0.39, 0.29) is 42.3 Å². The van der Waals surface area contributed by atoms with Gasteiger partial charge in [0.2, 0.25) is 10.0 Å². The van der Waals surface area contributed by atoms with E-state index in [1.165, 1.54) is 44.8 Å². The molecule has 1 aromatic carbocycles. The topological polar surface area (TPSA) is 148 Å². The van der Waals surface area contributed by atoms with E-state index in [4.69, 9.17) is 15.2 Å². The first-order valence-electron chi connectivity index (χ1n) is 11.1. The number of rotatable bonds is 6. The molecule has 2 aliphatic heterocycles. The summed E-state index contributed by atoms with van der Waals surface area (Å²) in [5.41, 5.74) is 6.78. The number of ether oxygens (including phenoxy) is 2. The lowest BCUT2D eigenvalue weighted by Crippen LogP contribution is -2.40. The number of sulfonamides is 1. The minimum atomic E-state index is -3.68. The first-order valence-corrected chi connectivity index (χ1v) is 13.3. The molecule has 0 unspecified atom stereocenters. The third kappa shape index (κ3) is 5.17. The normalized spacial score (nSPS) is 16.4. The average molecular weight is 523 g/mol. The van der Waals surface area contributed by atoms with E-state index in [1.54, 1.807) is 6.92 Å². The summed E-state index contributed by atoms with van der Waals surface area (Å²) in [6.45, 7) is 3.83. The smallest absolute Gasteiger partial charge is 0.410 e. The fourth-order valence-corrected chi connectivity index (χ4v) is 6.68. The molecule has 4 rings (SSSR count). The van der Waals surface area contributed by atoms with Crippen LogP contribution in [0.4, 0.5) is 9.80 Å². The second-order valence-corrected chi connectivity index (χ2v) is 11.0. The van der Waals surface area contributed by atoms with Gasteiger partial charge in [0.25, 0.3) is 11.8 Å². The van der Waals surface area contributed by atoms with Gasteiger partial charge in [-0.15, -0.1) is 11.3 Å². The SMILES string of the molecule is CCOC(=O)N1CCc2c(sc(NC(=O)c3ccc(S(=O)(=O)N4CCOCC4)cc3)c2C(N)=O)C1. The predicted molar refractivity (Wildman–Crippen MR) is 128 cm³/mol. The minimum Gasteiger partial charge on any atom is -0.450 e. The second kappa shape index (κ2) is 10.3. The molecule has 0 aliphatic carbocycles. The third-order valence-electron chi connectivity index (χ3n) is 5.78. The summed E-state index contributed by atoms with van der Waals surface area (Å²) in [5.74, 6) is -1.18. The van der Waals surface area contributed by atoms with Crippen molar-refractivity contribution < 1.29 is 32.3 Å². The molecule has 2 aromatic rings. The number of thiophene rings is 1. The first-order chi connectivity index (χ1) is 16.7. The zero-order valence-corrected chi connectivity index (χ0v) is 20.7. The lowest BCUT2D eigenvalue weighted by Gasteiger charge is -2.26. The Balaban J connectivity index is 1.52. The zero-order chi connectivity index (χ0) is 25.2. The second-order valence-electron chi connectivity index (χ2n) is 7.94. The highest BCUT2D eigenvalue weighted by Crippen LogP contribution is 2.37. The maximum absolute atomic E-state index is 12.9. The molecule has 2 aliphatic rings. The maximum atomic E-state index is 12.9. The fourth-order valence-electron chi connectivity index (χ4n) is 4.01. The van der Waals surface area contributed by atoms with E-state index in [9.17, 15) is 22.8 Å². The van der Waals surface area contributed by atoms with Crippen LogP contribution in [0.3, 0.4) is 0 Å². The van der Waals surface area contributed by atoms with Crippen molar-refractivity contribution >= 4 is 44.3 Å². The van der Waals surface area contributed by atoms with Crippen LogP contribution in [-0.2, 0) is 32.5 Å². The number of carbonyl (C=O) groups excluding carboxylic acids is 3. The number of benzene rings is 1. The number of hydrogen-bond acceptors (Lipinski definition) is 8. The van der Waals surface area contributed by atoms with E-state index in [2.05, 4.69) is 5.32 Å². The molecule has 0 radical (unpaired) electrons. The Kier molecular flexibility index (Phi) is 7.40. The molecule has 0 bridgehead atoms. The number of nitrogens with one attached hydrogen (secondary N) is 1. The summed E-state index contributed by atoms with van der Waals surface area (Å²) in [5, 5.41) is 3.02. The molecule has 3 heterocycles. The van der Waals surface area contributed by atoms with Crippen LogP contribution < -0.4 is 11.1 Å². The average Bonchev–Trinajstić information content (AvgIpc) is 3.22. The van der Waals surface area contributed by atoms with Crippen molar-refractivity contribution in [3.8, 4) is 0 Å². The van der Waals surface area contributed by atoms with Crippen molar-refractivity contribution in [2.75, 3.05) is 44.8 Å². The Labute approximate surface area is 206 Å². The number of nitrogens with zero attached hydrogens (tertiary/aromatic N) is 2. The molecule has 0 saturated carbocycles. The van der Waals surface area contributed by atoms with E-state index in [1.807, 2.05) is 0 Å². The lowest BCUT2D eigenvalue weighted by atomic mass is 10.0. The van der Waals surface area contributed by atoms with Crippen molar-refractivity contribution in [3.63, 3.8) is 0 Å². The van der Waals surface area contributed by atoms with Gasteiger partial charge in [0, 0.05) is 30.1 Å². The summed E-state index contributed by atoms with van der Waals surface area (Å²) in [4.78, 5) is 39.6. The summed E-state index contributed by atoms with van der Waals surface area (Å²) in [7, 11) is -3.68. The number of primary amides is 1. The quantitative estimate of drug-likeness (QED) is 0.586. The largest absolute Gasteiger partial charge is 0.450 e. The molecule has 0 atom stereocenters. The van der Waals surface area contributed by atoms with Crippen LogP contribution in [0.15, 0.2) is 29.2 Å². The molecule has 0 spiro atoms. The predicted octanol–water partition coefficient (Wildman–Crippen LogP) is 1.63. The van der Waals surface area contributed by atoms with Crippen LogP contribution in [0.5, 0.6) is 0 Å². The summed E-state index contributed by atoms with van der Waals surface area (Å²) in [6.07, 6.45) is -0.0303. The Bertz CT molecular complexity index is 1240. The van der Waals surface area contributed by atoms with E-state index in [0.29, 0.717) is 36.7 Å². The number of carbonyl (C=O) groups is 3. The van der Waals surface area contributed by atoms with Crippen LogP contribution in [0.25, 0.3) is 0 Å². The number of hydrogen-bond donors (Lipinski definition) is 2. The number of morpholine rings is 1. The molecular weight excluding hydrogens is 496 g/mol. The van der Waals surface area contributed by atoms with Crippen LogP contribution in [0, 0.1) is 0 Å². The highest BCUT2D eigenvalue weighted by Gasteiger charge is 2.30. The van der Waals surface area contributed by atoms with Crippen LogP contribution >= 0.6 is 11.3 Å². The van der Waals surface area contributed by atoms with Crippen molar-refractivity contribution in [3.05, 3.63) is 45.8 Å². The first kappa shape index (κ1) is 25.1. The summed E-state index contributed by atoms with van der Waals surface area (Å²) >= 11 is 1.18. The van der Waals surface area contributed by atoms with Crippen molar-refractivity contribution in [2.45, 2.75) is 24.8 Å². The number of anilines is 1. The Morgan fingerprint density at radius 2 is 1.83 bits per heavy atom. The molecule has 11 nitrogen and oxygen atoms in total. The lowest BCUT2D eigenvalue weighted by molar-refractivity contribution is 0.0730. The Hall–Kier alpha value is -3.00. The highest BCUT2D eigenvalue weighted by molar-refractivity contribution is 7.89. The number of amides is 3. The van der Waals surface area contributed by atoms with Gasteiger partial charge in [0.15, 0.2) is 0 Å². The zero-order valence-electron chi connectivity index (χ0n) is 19.1. The maximum Gasteiger partial charge on any atom is 0.410 e. The van der Waals surface area contributed by atoms with Crippen LogP contribution in [-0.4, -0.2) is 75.0 Å². The fraction of sp³-hybridized carbons (Fsp3) is 0.409. The molecule has 1 fully saturated rings. The van der Waals surface area contributed by atoms with Crippen molar-refractivity contribution in [2.24, 2.45) is 5.73 Å². The molecule has 13 heteroatoms. The van der Waals surface area contributed by atoms with Gasteiger partial charge in [0.05, 0.1) is 36.8 Å². The standard InChI is InChI=1S/C22H26N4O7S2/c1-2-33-22(29)25-8-7-16-17(13-25)34-21(18(16)19(23)27)24-20(28)14-3-5-15(6-4-14)35(30,31)26-9-11-32-12-10-26/h3-6H,2,7-13H2,1H3,(H2,23,27)(H,24,28). The van der Waals surface area contributed by atoms with E-state index < -0.39 is 27.9 Å². The van der Waals surface area contributed by atoms with Gasteiger partial charge in [-0.3, -0.25) is 9.59 Å². The monoisotopic (exact) mass is 522 g/mol. The third-order valence-corrected chi connectivity index (χ3v) is 8.83. The number of nitrogens with two attached hydrogens (primary N) is 1. The van der Waals surface area contributed by atoms with Gasteiger partial charge in [-0.05, 0) is 43.2 Å². The van der Waals surface area contributed by atoms with Gasteiger partial charge in [-0.1, -0.05) is 0 Å². The van der Waals surface area contributed by atoms with Crippen molar-refractivity contribution in [1.82, 2.24) is 9.21 Å². The summed E-state index contributed by atoms with van der Waals surface area (Å²) < 4.78 is 37.2. The van der Waals surface area contributed by atoms with Gasteiger partial charge in [-0.2, -0.15) is 4.31 Å². The molecule has 35 heavy (non-hydrogen) atoms. The molecule has 3 amide bonds. The Morgan fingerprint density at radius 3 is 2.46 bits per heavy atom. The van der Waals surface area contributed by atoms with Gasteiger partial charge in [0.1, 0.15) is 5.00 Å². The van der Waals surface area contributed by atoms with Crippen LogP contribution in [0.2, 0.25) is 0 Å². The minimum absolute atomic E-state index is 0.0828. The molecular formula is C22H26N4O7S2. The van der Waals surface area contributed by atoms with E-state index in [0.717, 1.165) is 4.88 Å². The molecule has 1 aromatic heterocycles. The van der Waals surface area contributed by atoms with E-state index >= 15 is 0 Å². The van der Waals surface area contributed by atoms with Crippen LogP contribution in [0.1, 0.15) is 38.1 Å². The molecule has 1 saturated heterocycles. The van der Waals surface area contributed by atoms with Crippen molar-refractivity contribution in [1.29, 1.82) is 0 Å². The molecule has 188 valence electrons.